The van der Waals surface area contributed by atoms with Crippen LogP contribution in [0.3, 0.4) is 0 Å². The van der Waals surface area contributed by atoms with Gasteiger partial charge >= 0.3 is 5.97 Å². The van der Waals surface area contributed by atoms with Gasteiger partial charge in [-0.1, -0.05) is 48.5 Å². The minimum atomic E-state index is -1.32. The minimum absolute atomic E-state index is 0.0164. The first-order chi connectivity index (χ1) is 17.3. The van der Waals surface area contributed by atoms with Crippen LogP contribution < -0.4 is 5.32 Å². The molecule has 1 N–H and O–H groups in total. The Morgan fingerprint density at radius 3 is 2.33 bits per heavy atom. The number of fused-ring (bicyclic) bond motifs is 1. The number of ether oxygens (including phenoxy) is 1. The Labute approximate surface area is 207 Å². The Hall–Kier alpha value is -4.85. The summed E-state index contributed by atoms with van der Waals surface area (Å²) >= 11 is 0. The average molecular weight is 482 g/mol. The summed E-state index contributed by atoms with van der Waals surface area (Å²) in [6.07, 6.45) is 0.119. The van der Waals surface area contributed by atoms with Crippen LogP contribution in [0.2, 0.25) is 0 Å². The summed E-state index contributed by atoms with van der Waals surface area (Å²) in [5.41, 5.74) is 1.50. The zero-order valence-electron chi connectivity index (χ0n) is 19.4. The number of carbonyl (C=O) groups excluding carboxylic acids is 5. The van der Waals surface area contributed by atoms with Crippen LogP contribution >= 0.6 is 0 Å². The molecule has 3 aromatic carbocycles. The highest BCUT2D eigenvalue weighted by atomic mass is 16.5. The lowest BCUT2D eigenvalue weighted by Gasteiger charge is -2.18. The predicted molar refractivity (Wildman–Crippen MR) is 132 cm³/mol. The normalized spacial score (nSPS) is 13.1. The molecule has 0 aromatic heterocycles. The van der Waals surface area contributed by atoms with Gasteiger partial charge in [-0.3, -0.25) is 24.1 Å². The van der Waals surface area contributed by atoms with Gasteiger partial charge in [0, 0.05) is 23.4 Å². The van der Waals surface area contributed by atoms with Gasteiger partial charge in [-0.05, 0) is 37.3 Å². The molecule has 0 fully saturated rings. The summed E-state index contributed by atoms with van der Waals surface area (Å²) in [6, 6.07) is 18.9. The van der Waals surface area contributed by atoms with Crippen molar-refractivity contribution in [2.45, 2.75) is 13.0 Å². The maximum atomic E-state index is 13.2. The fourth-order valence-corrected chi connectivity index (χ4v) is 3.81. The summed E-state index contributed by atoms with van der Waals surface area (Å²) in [5.74, 6) is -2.63. The van der Waals surface area contributed by atoms with Gasteiger partial charge in [-0.15, -0.1) is 6.58 Å². The van der Waals surface area contributed by atoms with E-state index in [2.05, 4.69) is 11.9 Å². The number of amides is 3. The monoisotopic (exact) mass is 482 g/mol. The summed E-state index contributed by atoms with van der Waals surface area (Å²) in [6.45, 7) is 5.01. The van der Waals surface area contributed by atoms with Crippen molar-refractivity contribution < 1.29 is 28.7 Å². The first-order valence-electron chi connectivity index (χ1n) is 11.1. The molecule has 1 unspecified atom stereocenters. The second kappa shape index (κ2) is 10.2. The lowest BCUT2D eigenvalue weighted by Crippen LogP contribution is -2.29. The number of imide groups is 1. The standard InChI is InChI=1S/C28H22N2O6/c1-3-14-30-26(33)22-13-12-20(16-23(22)27(30)34)28(35)36-24(18-8-5-4-6-9-18)25(32)29-21-11-7-10-19(15-21)17(2)31/h3-13,15-16,24H,1,14H2,2H3,(H,29,32). The SMILES string of the molecule is C=CCN1C(=O)c2ccc(C(=O)OC(C(=O)Nc3cccc(C(C)=O)c3)c3ccccc3)cc2C1=O. The van der Waals surface area contributed by atoms with E-state index in [9.17, 15) is 24.0 Å². The van der Waals surface area contributed by atoms with Crippen LogP contribution in [-0.2, 0) is 9.53 Å². The Morgan fingerprint density at radius 2 is 1.64 bits per heavy atom. The number of anilines is 1. The van der Waals surface area contributed by atoms with Crippen LogP contribution in [0.5, 0.6) is 0 Å². The van der Waals surface area contributed by atoms with E-state index in [4.69, 9.17) is 4.74 Å². The molecule has 1 aliphatic rings. The highest BCUT2D eigenvalue weighted by Gasteiger charge is 2.36. The van der Waals surface area contributed by atoms with Crippen LogP contribution in [0.4, 0.5) is 5.69 Å². The van der Waals surface area contributed by atoms with Gasteiger partial charge in [-0.25, -0.2) is 4.79 Å². The minimum Gasteiger partial charge on any atom is -0.444 e. The number of ketones is 1. The van der Waals surface area contributed by atoms with Crippen molar-refractivity contribution in [1.29, 1.82) is 0 Å². The summed E-state index contributed by atoms with van der Waals surface area (Å²) < 4.78 is 5.59. The molecule has 0 saturated carbocycles. The quantitative estimate of drug-likeness (QED) is 0.223. The van der Waals surface area contributed by atoms with Crippen LogP contribution in [0.25, 0.3) is 0 Å². The van der Waals surface area contributed by atoms with E-state index in [1.165, 1.54) is 37.3 Å². The fraction of sp³-hybridized carbons (Fsp3) is 0.107. The number of hydrogen-bond acceptors (Lipinski definition) is 6. The molecule has 3 amide bonds. The molecule has 4 rings (SSSR count). The van der Waals surface area contributed by atoms with Gasteiger partial charge in [-0.2, -0.15) is 0 Å². The van der Waals surface area contributed by atoms with Crippen LogP contribution in [0, 0.1) is 0 Å². The second-order valence-electron chi connectivity index (χ2n) is 8.09. The number of carbonyl (C=O) groups is 5. The number of nitrogens with one attached hydrogen (secondary N) is 1. The Morgan fingerprint density at radius 1 is 0.917 bits per heavy atom. The van der Waals surface area contributed by atoms with Crippen LogP contribution in [-0.4, -0.2) is 40.9 Å². The zero-order chi connectivity index (χ0) is 25.8. The summed E-state index contributed by atoms with van der Waals surface area (Å²) in [5, 5.41) is 2.68. The molecule has 1 aliphatic heterocycles. The number of esters is 1. The number of nitrogens with zero attached hydrogens (tertiary/aromatic N) is 1. The summed E-state index contributed by atoms with van der Waals surface area (Å²) in [4.78, 5) is 64.0. The molecular formula is C28H22N2O6. The molecule has 0 aliphatic carbocycles. The number of rotatable bonds is 8. The molecule has 0 bridgehead atoms. The highest BCUT2D eigenvalue weighted by Crippen LogP contribution is 2.26. The van der Waals surface area contributed by atoms with E-state index in [0.29, 0.717) is 16.8 Å². The van der Waals surface area contributed by atoms with E-state index < -0.39 is 29.8 Å². The number of Topliss-reactive ketones (excluding diaryl/α,β-unsaturated/α-hetero) is 1. The van der Waals surface area contributed by atoms with Crippen molar-refractivity contribution in [1.82, 2.24) is 4.90 Å². The van der Waals surface area contributed by atoms with Crippen molar-refractivity contribution >= 4 is 35.2 Å². The Kier molecular flexibility index (Phi) is 6.87. The van der Waals surface area contributed by atoms with Gasteiger partial charge < -0.3 is 10.1 Å². The number of hydrogen-bond donors (Lipinski definition) is 1. The van der Waals surface area contributed by atoms with E-state index in [-0.39, 0.29) is 29.0 Å². The largest absolute Gasteiger partial charge is 0.444 e. The van der Waals surface area contributed by atoms with Crippen molar-refractivity contribution in [2.24, 2.45) is 0 Å². The smallest absolute Gasteiger partial charge is 0.339 e. The maximum absolute atomic E-state index is 13.2. The molecular weight excluding hydrogens is 460 g/mol. The van der Waals surface area contributed by atoms with Gasteiger partial charge in [0.1, 0.15) is 0 Å². The van der Waals surface area contributed by atoms with Crippen molar-refractivity contribution in [3.8, 4) is 0 Å². The van der Waals surface area contributed by atoms with Crippen LogP contribution in [0.15, 0.2) is 85.5 Å². The van der Waals surface area contributed by atoms with E-state index in [0.717, 1.165) is 4.90 Å². The third kappa shape index (κ3) is 4.83. The van der Waals surface area contributed by atoms with Crippen molar-refractivity contribution in [3.63, 3.8) is 0 Å². The maximum Gasteiger partial charge on any atom is 0.339 e. The molecule has 0 spiro atoms. The first-order valence-corrected chi connectivity index (χ1v) is 11.1. The van der Waals surface area contributed by atoms with Gasteiger partial charge in [0.25, 0.3) is 17.7 Å². The molecule has 1 atom stereocenters. The predicted octanol–water partition coefficient (Wildman–Crippen LogP) is 4.21. The number of benzene rings is 3. The van der Waals surface area contributed by atoms with Gasteiger partial charge in [0.2, 0.25) is 6.10 Å². The Balaban J connectivity index is 1.60. The molecule has 1 heterocycles. The van der Waals surface area contributed by atoms with Crippen LogP contribution in [0.1, 0.15) is 60.0 Å². The van der Waals surface area contributed by atoms with Gasteiger partial charge in [0.05, 0.1) is 16.7 Å². The molecule has 180 valence electrons. The average Bonchev–Trinajstić information content (AvgIpc) is 3.12. The topological polar surface area (TPSA) is 110 Å². The lowest BCUT2D eigenvalue weighted by atomic mass is 10.1. The van der Waals surface area contributed by atoms with E-state index in [1.807, 2.05) is 0 Å². The highest BCUT2D eigenvalue weighted by molar-refractivity contribution is 6.22. The fourth-order valence-electron chi connectivity index (χ4n) is 3.81. The zero-order valence-corrected chi connectivity index (χ0v) is 19.4. The molecule has 0 radical (unpaired) electrons. The van der Waals surface area contributed by atoms with E-state index >= 15 is 0 Å². The molecule has 8 nitrogen and oxygen atoms in total. The third-order valence-corrected chi connectivity index (χ3v) is 5.62. The Bertz CT molecular complexity index is 1400. The van der Waals surface area contributed by atoms with E-state index in [1.54, 1.807) is 48.5 Å². The van der Waals surface area contributed by atoms with Crippen molar-refractivity contribution in [3.05, 3.63) is 113 Å². The second-order valence-corrected chi connectivity index (χ2v) is 8.09. The van der Waals surface area contributed by atoms with Gasteiger partial charge in [0.15, 0.2) is 5.78 Å². The lowest BCUT2D eigenvalue weighted by molar-refractivity contribution is -0.125. The molecule has 0 saturated heterocycles. The summed E-state index contributed by atoms with van der Waals surface area (Å²) in [7, 11) is 0. The molecule has 8 heteroatoms. The van der Waals surface area contributed by atoms with Crippen molar-refractivity contribution in [2.75, 3.05) is 11.9 Å². The molecule has 3 aromatic rings. The first kappa shape index (κ1) is 24.3. The molecule has 36 heavy (non-hydrogen) atoms. The third-order valence-electron chi connectivity index (χ3n) is 5.62.